The Hall–Kier alpha value is -3.53. The molecule has 150 valence electrons. The van der Waals surface area contributed by atoms with Crippen molar-refractivity contribution in [2.75, 3.05) is 0 Å². The lowest BCUT2D eigenvalue weighted by Gasteiger charge is -2.08. The van der Waals surface area contributed by atoms with Crippen LogP contribution in [0.15, 0.2) is 103 Å². The molecule has 0 aliphatic rings. The molecule has 3 aromatic heterocycles. The van der Waals surface area contributed by atoms with E-state index in [-0.39, 0.29) is 0 Å². The van der Waals surface area contributed by atoms with E-state index in [0.29, 0.717) is 0 Å². The van der Waals surface area contributed by atoms with Crippen molar-refractivity contribution >= 4 is 63.0 Å². The molecule has 1 nitrogen and oxygen atoms in total. The number of nitrogens with zero attached hydrogens (tertiary/aromatic N) is 1. The molecule has 7 rings (SSSR count). The Bertz CT molecular complexity index is 1660. The van der Waals surface area contributed by atoms with Crippen molar-refractivity contribution in [3.8, 4) is 22.3 Å². The van der Waals surface area contributed by atoms with Gasteiger partial charge in [-0.3, -0.25) is 4.98 Å². The van der Waals surface area contributed by atoms with Crippen molar-refractivity contribution < 1.29 is 0 Å². The topological polar surface area (TPSA) is 12.9 Å². The Morgan fingerprint density at radius 1 is 0.469 bits per heavy atom. The number of fused-ring (bicyclic) bond motifs is 6. The highest BCUT2D eigenvalue weighted by molar-refractivity contribution is 7.26. The summed E-state index contributed by atoms with van der Waals surface area (Å²) in [5.41, 5.74) is 4.83. The monoisotopic (exact) mass is 443 g/mol. The molecule has 3 heteroatoms. The SMILES string of the molecule is c1ccc2c(c1)sc1c(-c3cncc(-c4cccc5c4sc4ccccc45)c3)cccc12. The van der Waals surface area contributed by atoms with E-state index in [1.54, 1.807) is 0 Å². The third kappa shape index (κ3) is 2.65. The fourth-order valence-electron chi connectivity index (χ4n) is 4.68. The molecule has 0 N–H and O–H groups in total. The Balaban J connectivity index is 1.45. The van der Waals surface area contributed by atoms with Crippen molar-refractivity contribution in [2.45, 2.75) is 0 Å². The number of rotatable bonds is 2. The molecule has 3 heterocycles. The number of pyridine rings is 1. The van der Waals surface area contributed by atoms with Crippen LogP contribution in [0, 0.1) is 0 Å². The van der Waals surface area contributed by atoms with Gasteiger partial charge in [-0.25, -0.2) is 0 Å². The van der Waals surface area contributed by atoms with Gasteiger partial charge in [-0.1, -0.05) is 72.8 Å². The van der Waals surface area contributed by atoms with Crippen LogP contribution in [0.4, 0.5) is 0 Å². The zero-order chi connectivity index (χ0) is 21.1. The predicted octanol–water partition coefficient (Wildman–Crippen LogP) is 9.15. The second-order valence-corrected chi connectivity index (χ2v) is 10.1. The number of thiophene rings is 2. The molecule has 4 aromatic carbocycles. The standard InChI is InChI=1S/C29H17NS2/c1-3-13-26-22(7-1)24-11-5-9-20(28(24)31-26)18-15-19(17-30-16-18)21-10-6-12-25-23-8-2-4-14-27(23)32-29(21)25/h1-17H. The van der Waals surface area contributed by atoms with Gasteiger partial charge < -0.3 is 0 Å². The van der Waals surface area contributed by atoms with Crippen LogP contribution in [0.2, 0.25) is 0 Å². The van der Waals surface area contributed by atoms with Crippen molar-refractivity contribution in [1.82, 2.24) is 4.98 Å². The summed E-state index contributed by atoms with van der Waals surface area (Å²) in [6.45, 7) is 0. The Morgan fingerprint density at radius 2 is 0.938 bits per heavy atom. The van der Waals surface area contributed by atoms with Crippen LogP contribution >= 0.6 is 22.7 Å². The normalized spacial score (nSPS) is 11.8. The Kier molecular flexibility index (Phi) is 3.95. The summed E-state index contributed by atoms with van der Waals surface area (Å²) >= 11 is 3.73. The van der Waals surface area contributed by atoms with Crippen LogP contribution in [-0.2, 0) is 0 Å². The van der Waals surface area contributed by atoms with Gasteiger partial charge >= 0.3 is 0 Å². The van der Waals surface area contributed by atoms with E-state index < -0.39 is 0 Å². The van der Waals surface area contributed by atoms with Crippen LogP contribution in [0.3, 0.4) is 0 Å². The molecule has 0 saturated heterocycles. The lowest BCUT2D eigenvalue weighted by atomic mass is 9.99. The molecule has 0 aliphatic heterocycles. The van der Waals surface area contributed by atoms with Crippen molar-refractivity contribution in [1.29, 1.82) is 0 Å². The maximum absolute atomic E-state index is 4.67. The van der Waals surface area contributed by atoms with Gasteiger partial charge in [0.1, 0.15) is 0 Å². The number of hydrogen-bond acceptors (Lipinski definition) is 3. The number of benzene rings is 4. The molecule has 0 fully saturated rings. The quantitative estimate of drug-likeness (QED) is 0.259. The molecular weight excluding hydrogens is 426 g/mol. The van der Waals surface area contributed by atoms with Crippen LogP contribution in [-0.4, -0.2) is 4.98 Å². The van der Waals surface area contributed by atoms with Gasteiger partial charge in [-0.2, -0.15) is 0 Å². The van der Waals surface area contributed by atoms with Crippen molar-refractivity contribution in [3.05, 3.63) is 103 Å². The van der Waals surface area contributed by atoms with Gasteiger partial charge in [0.05, 0.1) is 0 Å². The fourth-order valence-corrected chi connectivity index (χ4v) is 7.16. The van der Waals surface area contributed by atoms with Gasteiger partial charge in [0.25, 0.3) is 0 Å². The zero-order valence-electron chi connectivity index (χ0n) is 17.1. The highest BCUT2D eigenvalue weighted by atomic mass is 32.1. The molecule has 0 aliphatic carbocycles. The van der Waals surface area contributed by atoms with Crippen molar-refractivity contribution in [2.24, 2.45) is 0 Å². The molecule has 0 spiro atoms. The highest BCUT2D eigenvalue weighted by Crippen LogP contribution is 2.42. The molecule has 0 atom stereocenters. The van der Waals surface area contributed by atoms with Crippen LogP contribution in [0.5, 0.6) is 0 Å². The van der Waals surface area contributed by atoms with E-state index >= 15 is 0 Å². The third-order valence-corrected chi connectivity index (χ3v) is 8.61. The van der Waals surface area contributed by atoms with Gasteiger partial charge in [0, 0.05) is 75.0 Å². The average Bonchev–Trinajstić information content (AvgIpc) is 3.42. The van der Waals surface area contributed by atoms with E-state index in [1.807, 2.05) is 35.1 Å². The van der Waals surface area contributed by atoms with Gasteiger partial charge in [-0.05, 0) is 18.2 Å². The average molecular weight is 444 g/mol. The first-order chi connectivity index (χ1) is 15.9. The van der Waals surface area contributed by atoms with Crippen molar-refractivity contribution in [3.63, 3.8) is 0 Å². The lowest BCUT2D eigenvalue weighted by molar-refractivity contribution is 1.33. The molecule has 0 radical (unpaired) electrons. The number of aromatic nitrogens is 1. The summed E-state index contributed by atoms with van der Waals surface area (Å²) in [4.78, 5) is 4.67. The highest BCUT2D eigenvalue weighted by Gasteiger charge is 2.13. The third-order valence-electron chi connectivity index (χ3n) is 6.17. The van der Waals surface area contributed by atoms with Gasteiger partial charge in [0.15, 0.2) is 0 Å². The smallest absolute Gasteiger partial charge is 0.0434 e. The number of hydrogen-bond donors (Lipinski definition) is 0. The largest absolute Gasteiger partial charge is 0.263 e. The molecule has 0 unspecified atom stereocenters. The maximum atomic E-state index is 4.67. The molecule has 0 saturated carbocycles. The Labute approximate surface area is 193 Å². The molecule has 0 bridgehead atoms. The summed E-state index contributed by atoms with van der Waals surface area (Å²) < 4.78 is 5.31. The van der Waals surface area contributed by atoms with E-state index in [2.05, 4.69) is 96.0 Å². The van der Waals surface area contributed by atoms with Crippen LogP contribution < -0.4 is 0 Å². The van der Waals surface area contributed by atoms with E-state index in [0.717, 1.165) is 11.1 Å². The second kappa shape index (κ2) is 6.99. The first-order valence-corrected chi connectivity index (χ1v) is 12.3. The first-order valence-electron chi connectivity index (χ1n) is 10.6. The minimum Gasteiger partial charge on any atom is -0.263 e. The molecule has 0 amide bonds. The summed E-state index contributed by atoms with van der Waals surface area (Å²) in [5, 5.41) is 5.29. The minimum atomic E-state index is 1.16. The van der Waals surface area contributed by atoms with Crippen LogP contribution in [0.25, 0.3) is 62.6 Å². The summed E-state index contributed by atoms with van der Waals surface area (Å²) in [6, 6.07) is 32.8. The zero-order valence-corrected chi connectivity index (χ0v) is 18.7. The summed E-state index contributed by atoms with van der Waals surface area (Å²) in [6.07, 6.45) is 3.99. The minimum absolute atomic E-state index is 1.16. The molecule has 7 aromatic rings. The molecular formula is C29H17NS2. The van der Waals surface area contributed by atoms with Gasteiger partial charge in [0.2, 0.25) is 0 Å². The van der Waals surface area contributed by atoms with Gasteiger partial charge in [-0.15, -0.1) is 22.7 Å². The first kappa shape index (κ1) is 18.1. The second-order valence-electron chi connectivity index (χ2n) is 8.02. The predicted molar refractivity (Wildman–Crippen MR) is 141 cm³/mol. The molecule has 32 heavy (non-hydrogen) atoms. The fraction of sp³-hybridized carbons (Fsp3) is 0. The Morgan fingerprint density at radius 3 is 1.47 bits per heavy atom. The van der Waals surface area contributed by atoms with E-state index in [9.17, 15) is 0 Å². The van der Waals surface area contributed by atoms with E-state index in [1.165, 1.54) is 51.5 Å². The summed E-state index contributed by atoms with van der Waals surface area (Å²) in [5.74, 6) is 0. The van der Waals surface area contributed by atoms with E-state index in [4.69, 9.17) is 0 Å². The van der Waals surface area contributed by atoms with Crippen LogP contribution in [0.1, 0.15) is 0 Å². The maximum Gasteiger partial charge on any atom is 0.0434 e. The lowest BCUT2D eigenvalue weighted by Crippen LogP contribution is -1.85. The summed E-state index contributed by atoms with van der Waals surface area (Å²) in [7, 11) is 0.